The van der Waals surface area contributed by atoms with Gasteiger partial charge in [-0.1, -0.05) is 31.2 Å². The Kier molecular flexibility index (Phi) is 2.23. The topological polar surface area (TPSA) is 37.4 Å². The normalized spacial score (nSPS) is 36.5. The Hall–Kier alpha value is -1.90. The molecule has 1 aromatic rings. The quantitative estimate of drug-likeness (QED) is 0.621. The van der Waals surface area contributed by atoms with Crippen molar-refractivity contribution in [1.82, 2.24) is 0 Å². The summed E-state index contributed by atoms with van der Waals surface area (Å²) in [7, 11) is 0. The van der Waals surface area contributed by atoms with Crippen LogP contribution in [-0.2, 0) is 16.0 Å². The Morgan fingerprint density at radius 3 is 2.00 bits per heavy atom. The van der Waals surface area contributed by atoms with Gasteiger partial charge in [0, 0.05) is 0 Å². The van der Waals surface area contributed by atoms with Crippen LogP contribution in [0.15, 0.2) is 36.4 Å². The third-order valence-electron chi connectivity index (χ3n) is 6.46. The molecule has 2 bridgehead atoms. The zero-order chi connectivity index (χ0) is 15.1. The van der Waals surface area contributed by atoms with E-state index in [4.69, 9.17) is 0 Å². The van der Waals surface area contributed by atoms with Crippen molar-refractivity contribution < 1.29 is 9.59 Å². The average molecular weight is 293 g/mol. The van der Waals surface area contributed by atoms with Crippen molar-refractivity contribution in [3.8, 4) is 0 Å². The molecule has 3 nitrogen and oxygen atoms in total. The van der Waals surface area contributed by atoms with Crippen LogP contribution in [-0.4, -0.2) is 11.8 Å². The van der Waals surface area contributed by atoms with Gasteiger partial charge in [0.05, 0.1) is 17.5 Å². The van der Waals surface area contributed by atoms with Gasteiger partial charge in [-0.05, 0) is 54.2 Å². The van der Waals surface area contributed by atoms with Crippen LogP contribution in [0.25, 0.3) is 0 Å². The maximum Gasteiger partial charge on any atom is 0.238 e. The number of anilines is 1. The molecule has 1 saturated heterocycles. The average Bonchev–Trinajstić information content (AvgIpc) is 3.13. The van der Waals surface area contributed by atoms with Crippen LogP contribution >= 0.6 is 0 Å². The molecule has 1 aliphatic heterocycles. The third-order valence-corrected chi connectivity index (χ3v) is 6.46. The van der Waals surface area contributed by atoms with Crippen molar-refractivity contribution in [3.63, 3.8) is 0 Å². The highest BCUT2D eigenvalue weighted by Crippen LogP contribution is 2.73. The molecular weight excluding hydrogens is 274 g/mol. The Balaban J connectivity index is 1.53. The lowest BCUT2D eigenvalue weighted by Gasteiger charge is -2.21. The maximum atomic E-state index is 12.9. The van der Waals surface area contributed by atoms with Gasteiger partial charge >= 0.3 is 0 Å². The van der Waals surface area contributed by atoms with Crippen molar-refractivity contribution in [2.75, 3.05) is 4.90 Å². The van der Waals surface area contributed by atoms with Gasteiger partial charge in [-0.3, -0.25) is 14.5 Å². The number of nitrogens with zero attached hydrogens (tertiary/aromatic N) is 1. The zero-order valence-corrected chi connectivity index (χ0v) is 12.7. The number of rotatable bonds is 2. The number of allylic oxidation sites excluding steroid dienone is 2. The van der Waals surface area contributed by atoms with Gasteiger partial charge in [0.25, 0.3) is 0 Å². The van der Waals surface area contributed by atoms with E-state index in [1.54, 1.807) is 0 Å². The first-order valence-electron chi connectivity index (χ1n) is 8.32. The summed E-state index contributed by atoms with van der Waals surface area (Å²) < 4.78 is 0. The molecule has 1 aromatic carbocycles. The zero-order valence-electron chi connectivity index (χ0n) is 12.7. The fraction of sp³-hybridized carbons (Fsp3) is 0.474. The van der Waals surface area contributed by atoms with Gasteiger partial charge in [0.2, 0.25) is 11.8 Å². The Morgan fingerprint density at radius 1 is 1.00 bits per heavy atom. The molecule has 3 fully saturated rings. The van der Waals surface area contributed by atoms with Gasteiger partial charge in [0.1, 0.15) is 0 Å². The Morgan fingerprint density at radius 2 is 1.55 bits per heavy atom. The van der Waals surface area contributed by atoms with Crippen LogP contribution in [0.4, 0.5) is 5.69 Å². The second-order valence-electron chi connectivity index (χ2n) is 7.25. The van der Waals surface area contributed by atoms with E-state index in [9.17, 15) is 9.59 Å². The van der Waals surface area contributed by atoms with Gasteiger partial charge in [-0.15, -0.1) is 0 Å². The number of amides is 2. The fourth-order valence-corrected chi connectivity index (χ4v) is 5.21. The number of aryl methyl sites for hydroxylation is 1. The molecule has 3 aliphatic carbocycles. The minimum atomic E-state index is -0.101. The predicted octanol–water partition coefficient (Wildman–Crippen LogP) is 2.95. The van der Waals surface area contributed by atoms with E-state index in [1.165, 1.54) is 23.3 Å². The molecule has 2 amide bonds. The summed E-state index contributed by atoms with van der Waals surface area (Å²) in [6, 6.07) is 7.86. The van der Waals surface area contributed by atoms with E-state index in [1.807, 2.05) is 24.3 Å². The first-order chi connectivity index (χ1) is 10.7. The molecule has 2 saturated carbocycles. The molecule has 0 N–H and O–H groups in total. The summed E-state index contributed by atoms with van der Waals surface area (Å²) in [6.07, 6.45) is 7.77. The molecule has 4 atom stereocenters. The number of carbonyl (C=O) groups is 2. The standard InChI is InChI=1S/C19H19NO2/c1-2-11-3-5-12(6-4-11)20-17(21)15-13-7-8-14(16(15)18(20)22)19(13)9-10-19/h3-8,13-16H,2,9-10H2,1H3/t13-,14-,15-,16+/m0/s1. The molecule has 5 rings (SSSR count). The lowest BCUT2D eigenvalue weighted by Crippen LogP contribution is -2.34. The van der Waals surface area contributed by atoms with Gasteiger partial charge in [0.15, 0.2) is 0 Å². The van der Waals surface area contributed by atoms with Crippen molar-refractivity contribution in [2.24, 2.45) is 29.1 Å². The van der Waals surface area contributed by atoms with Gasteiger partial charge in [-0.25, -0.2) is 0 Å². The van der Waals surface area contributed by atoms with Crippen LogP contribution in [0, 0.1) is 29.1 Å². The van der Waals surface area contributed by atoms with Gasteiger partial charge in [-0.2, -0.15) is 0 Å². The minimum absolute atomic E-state index is 0.0300. The SMILES string of the molecule is CCc1ccc(N2C(=O)[C@@H]3[C@H](C2=O)[C@@H]2C=C[C@@H]3C23CC3)cc1. The van der Waals surface area contributed by atoms with E-state index < -0.39 is 0 Å². The number of fused-ring (bicyclic) bond motifs is 3. The Labute approximate surface area is 130 Å². The molecule has 0 aromatic heterocycles. The number of carbonyl (C=O) groups excluding carboxylic acids is 2. The summed E-state index contributed by atoms with van der Waals surface area (Å²) in [5.74, 6) is 0.467. The largest absolute Gasteiger partial charge is 0.274 e. The molecule has 0 radical (unpaired) electrons. The predicted molar refractivity (Wildman–Crippen MR) is 83.1 cm³/mol. The first-order valence-corrected chi connectivity index (χ1v) is 8.32. The highest BCUT2D eigenvalue weighted by molar-refractivity contribution is 6.23. The number of hydrogen-bond donors (Lipinski definition) is 0. The molecule has 22 heavy (non-hydrogen) atoms. The maximum absolute atomic E-state index is 12.9. The number of hydrogen-bond acceptors (Lipinski definition) is 2. The van der Waals surface area contributed by atoms with Crippen LogP contribution < -0.4 is 4.90 Å². The van der Waals surface area contributed by atoms with Crippen molar-refractivity contribution >= 4 is 17.5 Å². The molecular formula is C19H19NO2. The second-order valence-corrected chi connectivity index (χ2v) is 7.25. The van der Waals surface area contributed by atoms with Crippen molar-refractivity contribution in [2.45, 2.75) is 26.2 Å². The van der Waals surface area contributed by atoms with E-state index in [2.05, 4.69) is 19.1 Å². The lowest BCUT2D eigenvalue weighted by atomic mass is 9.85. The van der Waals surface area contributed by atoms with Gasteiger partial charge < -0.3 is 0 Å². The van der Waals surface area contributed by atoms with E-state index >= 15 is 0 Å². The van der Waals surface area contributed by atoms with Crippen LogP contribution in [0.3, 0.4) is 0 Å². The van der Waals surface area contributed by atoms with Crippen LogP contribution in [0.2, 0.25) is 0 Å². The lowest BCUT2D eigenvalue weighted by molar-refractivity contribution is -0.123. The summed E-state index contributed by atoms with van der Waals surface area (Å²) in [5.41, 5.74) is 2.24. The molecule has 1 spiro atoms. The smallest absolute Gasteiger partial charge is 0.238 e. The fourth-order valence-electron chi connectivity index (χ4n) is 5.21. The van der Waals surface area contributed by atoms with Crippen LogP contribution in [0.1, 0.15) is 25.3 Å². The monoisotopic (exact) mass is 293 g/mol. The number of imide groups is 1. The molecule has 3 heteroatoms. The van der Waals surface area contributed by atoms with E-state index in [0.29, 0.717) is 11.8 Å². The highest BCUT2D eigenvalue weighted by atomic mass is 16.2. The molecule has 112 valence electrons. The summed E-state index contributed by atoms with van der Waals surface area (Å²) in [4.78, 5) is 27.3. The highest BCUT2D eigenvalue weighted by Gasteiger charge is 2.73. The summed E-state index contributed by atoms with van der Waals surface area (Å²) in [5, 5.41) is 0. The van der Waals surface area contributed by atoms with E-state index in [-0.39, 0.29) is 29.1 Å². The Bertz CT molecular complexity index is 679. The molecule has 4 aliphatic rings. The summed E-state index contributed by atoms with van der Waals surface area (Å²) >= 11 is 0. The second kappa shape index (κ2) is 3.89. The number of benzene rings is 1. The van der Waals surface area contributed by atoms with E-state index in [0.717, 1.165) is 12.1 Å². The van der Waals surface area contributed by atoms with Crippen LogP contribution in [0.5, 0.6) is 0 Å². The molecule has 1 heterocycles. The summed E-state index contributed by atoms with van der Waals surface area (Å²) in [6.45, 7) is 2.10. The third kappa shape index (κ3) is 1.29. The molecule has 0 unspecified atom stereocenters. The van der Waals surface area contributed by atoms with Crippen molar-refractivity contribution in [1.29, 1.82) is 0 Å². The first kappa shape index (κ1) is 12.6. The minimum Gasteiger partial charge on any atom is -0.274 e. The van der Waals surface area contributed by atoms with Crippen molar-refractivity contribution in [3.05, 3.63) is 42.0 Å².